The number of likely N-dealkylation sites (N-methyl/N-ethyl adjacent to an activating group) is 1. The normalized spacial score (nSPS) is 25.0. The summed E-state index contributed by atoms with van der Waals surface area (Å²) in [6.45, 7) is 0.618. The van der Waals surface area contributed by atoms with Crippen molar-refractivity contribution >= 4 is 11.8 Å². The van der Waals surface area contributed by atoms with E-state index >= 15 is 0 Å². The first-order chi connectivity index (χ1) is 11.6. The second-order valence-electron chi connectivity index (χ2n) is 6.20. The molecule has 2 aromatic rings. The summed E-state index contributed by atoms with van der Waals surface area (Å²) in [5, 5.41) is 4.02. The molecule has 2 aliphatic heterocycles. The number of hydrogen-bond donors (Lipinski definition) is 0. The van der Waals surface area contributed by atoms with Crippen LogP contribution in [0.2, 0.25) is 0 Å². The molecule has 0 radical (unpaired) electrons. The first-order valence-corrected chi connectivity index (χ1v) is 7.92. The highest BCUT2D eigenvalue weighted by Crippen LogP contribution is 2.34. The number of pyridine rings is 1. The summed E-state index contributed by atoms with van der Waals surface area (Å²) in [4.78, 5) is 35.8. The van der Waals surface area contributed by atoms with Crippen LogP contribution in [0.25, 0.3) is 11.4 Å². The minimum atomic E-state index is -0.128. The van der Waals surface area contributed by atoms with E-state index in [4.69, 9.17) is 4.52 Å². The number of carbonyl (C=O) groups excluding carboxylic acids is 2. The Morgan fingerprint density at radius 3 is 2.75 bits per heavy atom. The molecule has 2 unspecified atom stereocenters. The number of nitrogens with zero attached hydrogens (tertiary/aromatic N) is 5. The molecular weight excluding hydrogens is 310 g/mol. The molecule has 2 atom stereocenters. The first-order valence-electron chi connectivity index (χ1n) is 7.92. The zero-order valence-electron chi connectivity index (χ0n) is 13.3. The highest BCUT2D eigenvalue weighted by atomic mass is 16.5. The van der Waals surface area contributed by atoms with Gasteiger partial charge < -0.3 is 4.52 Å². The van der Waals surface area contributed by atoms with Crippen molar-refractivity contribution in [3.63, 3.8) is 0 Å². The summed E-state index contributed by atoms with van der Waals surface area (Å²) in [5.74, 6) is 0.822. The standard InChI is InChI=1S/C16H17N5O3/c1-20-9-11(21-13(22)4-5-14(21)23)7-12(20)16-18-15(19-24-16)10-3-2-6-17-8-10/h2-3,6,8,11-12H,4-5,7,9H2,1H3. The third-order valence-corrected chi connectivity index (χ3v) is 4.63. The molecule has 124 valence electrons. The van der Waals surface area contributed by atoms with Crippen molar-refractivity contribution in [2.45, 2.75) is 31.3 Å². The average molecular weight is 327 g/mol. The van der Waals surface area contributed by atoms with E-state index in [1.165, 1.54) is 4.90 Å². The van der Waals surface area contributed by atoms with Crippen molar-refractivity contribution in [1.29, 1.82) is 0 Å². The van der Waals surface area contributed by atoms with Crippen LogP contribution >= 0.6 is 0 Å². The van der Waals surface area contributed by atoms with E-state index in [0.717, 1.165) is 5.56 Å². The van der Waals surface area contributed by atoms with Crippen LogP contribution in [0, 0.1) is 0 Å². The monoisotopic (exact) mass is 327 g/mol. The number of imide groups is 1. The highest BCUT2D eigenvalue weighted by molar-refractivity contribution is 6.02. The van der Waals surface area contributed by atoms with Crippen molar-refractivity contribution < 1.29 is 14.1 Å². The van der Waals surface area contributed by atoms with Crippen molar-refractivity contribution in [2.24, 2.45) is 0 Å². The van der Waals surface area contributed by atoms with Crippen LogP contribution in [0.1, 0.15) is 31.2 Å². The topological polar surface area (TPSA) is 92.4 Å². The van der Waals surface area contributed by atoms with Crippen molar-refractivity contribution in [3.05, 3.63) is 30.4 Å². The molecule has 2 aliphatic rings. The van der Waals surface area contributed by atoms with Crippen molar-refractivity contribution in [3.8, 4) is 11.4 Å². The lowest BCUT2D eigenvalue weighted by molar-refractivity contribution is -0.140. The maximum absolute atomic E-state index is 11.9. The van der Waals surface area contributed by atoms with E-state index in [1.54, 1.807) is 12.4 Å². The van der Waals surface area contributed by atoms with Crippen molar-refractivity contribution in [2.75, 3.05) is 13.6 Å². The Morgan fingerprint density at radius 2 is 2.04 bits per heavy atom. The fourth-order valence-electron chi connectivity index (χ4n) is 3.43. The molecule has 0 saturated carbocycles. The number of aromatic nitrogens is 3. The summed E-state index contributed by atoms with van der Waals surface area (Å²) in [7, 11) is 1.93. The molecular formula is C16H17N5O3. The number of carbonyl (C=O) groups is 2. The molecule has 8 nitrogen and oxygen atoms in total. The fraction of sp³-hybridized carbons (Fsp3) is 0.438. The summed E-state index contributed by atoms with van der Waals surface area (Å²) in [6.07, 6.45) is 4.61. The maximum atomic E-state index is 11.9. The molecule has 4 rings (SSSR count). The predicted molar refractivity (Wildman–Crippen MR) is 82.4 cm³/mol. The molecule has 8 heteroatoms. The minimum absolute atomic E-state index is 0.0828. The molecule has 4 heterocycles. The average Bonchev–Trinajstić information content (AvgIpc) is 3.28. The zero-order valence-corrected chi connectivity index (χ0v) is 13.3. The van der Waals surface area contributed by atoms with Crippen LogP contribution in [0.5, 0.6) is 0 Å². The highest BCUT2D eigenvalue weighted by Gasteiger charge is 2.43. The van der Waals surface area contributed by atoms with Gasteiger partial charge in [-0.15, -0.1) is 0 Å². The summed E-state index contributed by atoms with van der Waals surface area (Å²) < 4.78 is 5.42. The van der Waals surface area contributed by atoms with Crippen molar-refractivity contribution in [1.82, 2.24) is 24.9 Å². The van der Waals surface area contributed by atoms with Gasteiger partial charge >= 0.3 is 0 Å². The van der Waals surface area contributed by atoms with Crippen LogP contribution < -0.4 is 0 Å². The molecule has 24 heavy (non-hydrogen) atoms. The van der Waals surface area contributed by atoms with Gasteiger partial charge in [-0.05, 0) is 25.6 Å². The van der Waals surface area contributed by atoms with Gasteiger partial charge in [-0.3, -0.25) is 24.4 Å². The Kier molecular flexibility index (Phi) is 3.61. The third kappa shape index (κ3) is 2.48. The van der Waals surface area contributed by atoms with E-state index in [1.807, 2.05) is 24.1 Å². The number of hydrogen-bond acceptors (Lipinski definition) is 7. The summed E-state index contributed by atoms with van der Waals surface area (Å²) >= 11 is 0. The Labute approximate surface area is 138 Å². The smallest absolute Gasteiger partial charge is 0.244 e. The van der Waals surface area contributed by atoms with Crippen LogP contribution in [-0.4, -0.2) is 56.4 Å². The second-order valence-corrected chi connectivity index (χ2v) is 6.20. The van der Waals surface area contributed by atoms with E-state index in [2.05, 4.69) is 15.1 Å². The Bertz CT molecular complexity index is 759. The van der Waals surface area contributed by atoms with Gasteiger partial charge in [-0.2, -0.15) is 4.98 Å². The molecule has 2 fully saturated rings. The number of amides is 2. The van der Waals surface area contributed by atoms with E-state index in [0.29, 0.717) is 37.5 Å². The lowest BCUT2D eigenvalue weighted by atomic mass is 10.1. The van der Waals surface area contributed by atoms with Crippen LogP contribution in [0.4, 0.5) is 0 Å². The molecule has 0 N–H and O–H groups in total. The van der Waals surface area contributed by atoms with Crippen LogP contribution in [0.3, 0.4) is 0 Å². The van der Waals surface area contributed by atoms with Gasteiger partial charge in [0.15, 0.2) is 0 Å². The van der Waals surface area contributed by atoms with E-state index in [9.17, 15) is 9.59 Å². The maximum Gasteiger partial charge on any atom is 0.244 e. The van der Waals surface area contributed by atoms with Crippen LogP contribution in [-0.2, 0) is 9.59 Å². The zero-order chi connectivity index (χ0) is 16.7. The summed E-state index contributed by atoms with van der Waals surface area (Å²) in [6, 6.07) is 3.45. The largest absolute Gasteiger partial charge is 0.337 e. The fourth-order valence-corrected chi connectivity index (χ4v) is 3.43. The number of likely N-dealkylation sites (tertiary alicyclic amines) is 2. The SMILES string of the molecule is CN1CC(N2C(=O)CCC2=O)CC1c1nc(-c2cccnc2)no1. The van der Waals surface area contributed by atoms with Gasteiger partial charge in [-0.1, -0.05) is 5.16 Å². The minimum Gasteiger partial charge on any atom is -0.337 e. The quantitative estimate of drug-likeness (QED) is 0.777. The lowest BCUT2D eigenvalue weighted by Gasteiger charge is -2.21. The molecule has 0 aliphatic carbocycles. The van der Waals surface area contributed by atoms with Gasteiger partial charge in [0, 0.05) is 37.3 Å². The van der Waals surface area contributed by atoms with Gasteiger partial charge in [0.05, 0.1) is 12.1 Å². The van der Waals surface area contributed by atoms with Gasteiger partial charge in [0.25, 0.3) is 0 Å². The van der Waals surface area contributed by atoms with E-state index in [-0.39, 0.29) is 23.9 Å². The number of rotatable bonds is 3. The summed E-state index contributed by atoms with van der Waals surface area (Å²) in [5.41, 5.74) is 0.787. The molecule has 2 saturated heterocycles. The van der Waals surface area contributed by atoms with Gasteiger partial charge in [0.2, 0.25) is 23.5 Å². The molecule has 2 aromatic heterocycles. The predicted octanol–water partition coefficient (Wildman–Crippen LogP) is 1.03. The lowest BCUT2D eigenvalue weighted by Crippen LogP contribution is -2.40. The van der Waals surface area contributed by atoms with Gasteiger partial charge in [0.1, 0.15) is 0 Å². The van der Waals surface area contributed by atoms with Gasteiger partial charge in [-0.25, -0.2) is 0 Å². The Balaban J connectivity index is 1.54. The molecule has 0 bridgehead atoms. The Hall–Kier alpha value is -2.61. The Morgan fingerprint density at radius 1 is 1.25 bits per heavy atom. The molecule has 0 spiro atoms. The van der Waals surface area contributed by atoms with E-state index < -0.39 is 0 Å². The molecule has 0 aromatic carbocycles. The molecule has 2 amide bonds. The first kappa shape index (κ1) is 14.9. The second kappa shape index (κ2) is 5.79. The van der Waals surface area contributed by atoms with Crippen LogP contribution in [0.15, 0.2) is 29.0 Å². The third-order valence-electron chi connectivity index (χ3n) is 4.63.